The van der Waals surface area contributed by atoms with Crippen molar-refractivity contribution in [3.8, 4) is 16.3 Å². The molecule has 0 aliphatic rings. The molecule has 0 aliphatic heterocycles. The van der Waals surface area contributed by atoms with Crippen molar-refractivity contribution in [1.82, 2.24) is 4.98 Å². The fourth-order valence-electron chi connectivity index (χ4n) is 1.95. The number of ether oxygens (including phenoxy) is 1. The molecule has 0 saturated carbocycles. The van der Waals surface area contributed by atoms with E-state index in [2.05, 4.69) is 31.8 Å². The van der Waals surface area contributed by atoms with E-state index in [0.717, 1.165) is 16.3 Å². The Morgan fingerprint density at radius 2 is 1.94 bits per heavy atom. The lowest BCUT2D eigenvalue weighted by molar-refractivity contribution is 0.408. The smallest absolute Gasteiger partial charge is 0.124 e. The van der Waals surface area contributed by atoms with Crippen LogP contribution < -0.4 is 4.74 Å². The predicted octanol–water partition coefficient (Wildman–Crippen LogP) is 3.74. The molecule has 2 rings (SSSR count). The van der Waals surface area contributed by atoms with Crippen molar-refractivity contribution in [1.29, 1.82) is 0 Å². The van der Waals surface area contributed by atoms with Gasteiger partial charge >= 0.3 is 0 Å². The first-order valence-corrected chi connectivity index (χ1v) is 6.07. The third-order valence-electron chi connectivity index (χ3n) is 2.89. The fourth-order valence-corrected chi connectivity index (χ4v) is 2.66. The van der Waals surface area contributed by atoms with Crippen LogP contribution in [0.3, 0.4) is 0 Å². The summed E-state index contributed by atoms with van der Waals surface area (Å²) in [6.45, 7) is 6.29. The molecule has 1 aromatic heterocycles. The van der Waals surface area contributed by atoms with Gasteiger partial charge in [0.15, 0.2) is 0 Å². The summed E-state index contributed by atoms with van der Waals surface area (Å²) in [5.41, 5.74) is 4.83. The highest BCUT2D eigenvalue weighted by molar-refractivity contribution is 7.13. The molecule has 0 unspecified atom stereocenters. The molecule has 1 aromatic carbocycles. The average Bonchev–Trinajstić information content (AvgIpc) is 2.77. The number of aromatic nitrogens is 1. The molecule has 84 valence electrons. The van der Waals surface area contributed by atoms with Crippen LogP contribution in [0.25, 0.3) is 10.6 Å². The number of nitrogens with zero attached hydrogens (tertiary/aromatic N) is 1. The largest absolute Gasteiger partial charge is 0.496 e. The second-order valence-electron chi connectivity index (χ2n) is 3.86. The van der Waals surface area contributed by atoms with Gasteiger partial charge in [-0.25, -0.2) is 4.98 Å². The van der Waals surface area contributed by atoms with Crippen LogP contribution in [0, 0.1) is 20.8 Å². The molecule has 0 aliphatic carbocycles. The first-order chi connectivity index (χ1) is 7.65. The zero-order valence-corrected chi connectivity index (χ0v) is 10.8. The van der Waals surface area contributed by atoms with Gasteiger partial charge in [-0.2, -0.15) is 0 Å². The van der Waals surface area contributed by atoms with Crippen LogP contribution in [-0.2, 0) is 0 Å². The van der Waals surface area contributed by atoms with Gasteiger partial charge in [0.1, 0.15) is 10.8 Å². The highest BCUT2D eigenvalue weighted by Gasteiger charge is 2.12. The van der Waals surface area contributed by atoms with Crippen LogP contribution in [0.2, 0.25) is 0 Å². The monoisotopic (exact) mass is 233 g/mol. The van der Waals surface area contributed by atoms with E-state index in [9.17, 15) is 0 Å². The van der Waals surface area contributed by atoms with Gasteiger partial charge in [-0.3, -0.25) is 0 Å². The van der Waals surface area contributed by atoms with E-state index in [4.69, 9.17) is 4.74 Å². The zero-order chi connectivity index (χ0) is 11.7. The van der Waals surface area contributed by atoms with E-state index in [1.807, 2.05) is 11.6 Å². The van der Waals surface area contributed by atoms with Gasteiger partial charge in [0.2, 0.25) is 0 Å². The Kier molecular flexibility index (Phi) is 2.97. The van der Waals surface area contributed by atoms with Crippen LogP contribution in [0.5, 0.6) is 5.75 Å². The molecule has 16 heavy (non-hydrogen) atoms. The number of benzene rings is 1. The Hall–Kier alpha value is -1.35. The van der Waals surface area contributed by atoms with Crippen molar-refractivity contribution < 1.29 is 4.74 Å². The minimum absolute atomic E-state index is 0.984. The summed E-state index contributed by atoms with van der Waals surface area (Å²) in [6.07, 6.45) is 1.84. The topological polar surface area (TPSA) is 22.1 Å². The second kappa shape index (κ2) is 4.26. The van der Waals surface area contributed by atoms with E-state index < -0.39 is 0 Å². The maximum atomic E-state index is 5.41. The molecule has 0 radical (unpaired) electrons. The first-order valence-electron chi connectivity index (χ1n) is 5.19. The number of thiazole rings is 1. The molecule has 0 fully saturated rings. The highest BCUT2D eigenvalue weighted by atomic mass is 32.1. The fraction of sp³-hybridized carbons (Fsp3) is 0.308. The second-order valence-corrected chi connectivity index (χ2v) is 4.76. The molecule has 0 saturated heterocycles. The average molecular weight is 233 g/mol. The molecule has 0 atom stereocenters. The van der Waals surface area contributed by atoms with Gasteiger partial charge in [0, 0.05) is 17.1 Å². The molecule has 2 nitrogen and oxygen atoms in total. The molecule has 0 amide bonds. The van der Waals surface area contributed by atoms with Crippen molar-refractivity contribution in [2.45, 2.75) is 20.8 Å². The standard InChI is InChI=1S/C13H15NOS/c1-8-7-11(13-14-5-6-16-13)9(2)10(3)12(8)15-4/h5-7H,1-4H3. The lowest BCUT2D eigenvalue weighted by Gasteiger charge is -2.14. The Labute approximate surface area is 99.9 Å². The molecule has 1 heterocycles. The predicted molar refractivity (Wildman–Crippen MR) is 68.3 cm³/mol. The van der Waals surface area contributed by atoms with Gasteiger partial charge in [-0.1, -0.05) is 0 Å². The summed E-state index contributed by atoms with van der Waals surface area (Å²) < 4.78 is 5.41. The Morgan fingerprint density at radius 3 is 2.50 bits per heavy atom. The summed E-state index contributed by atoms with van der Waals surface area (Å²) in [7, 11) is 1.72. The van der Waals surface area contributed by atoms with Crippen molar-refractivity contribution >= 4 is 11.3 Å². The molecule has 0 spiro atoms. The van der Waals surface area contributed by atoms with E-state index in [1.165, 1.54) is 16.7 Å². The van der Waals surface area contributed by atoms with E-state index in [1.54, 1.807) is 18.4 Å². The van der Waals surface area contributed by atoms with Gasteiger partial charge < -0.3 is 4.74 Å². The van der Waals surface area contributed by atoms with Crippen LogP contribution in [0.15, 0.2) is 17.6 Å². The van der Waals surface area contributed by atoms with Crippen molar-refractivity contribution in [3.63, 3.8) is 0 Å². The maximum Gasteiger partial charge on any atom is 0.124 e. The Bertz CT molecular complexity index is 503. The number of hydrogen-bond acceptors (Lipinski definition) is 3. The Morgan fingerprint density at radius 1 is 1.19 bits per heavy atom. The third kappa shape index (κ3) is 1.71. The number of methoxy groups -OCH3 is 1. The first kappa shape index (κ1) is 11.1. The Balaban J connectivity index is 2.66. The van der Waals surface area contributed by atoms with Crippen LogP contribution in [0.4, 0.5) is 0 Å². The SMILES string of the molecule is COc1c(C)cc(-c2nccs2)c(C)c1C. The third-order valence-corrected chi connectivity index (χ3v) is 3.70. The minimum Gasteiger partial charge on any atom is -0.496 e. The summed E-state index contributed by atoms with van der Waals surface area (Å²) >= 11 is 1.67. The van der Waals surface area contributed by atoms with Crippen LogP contribution >= 0.6 is 11.3 Å². The molecular formula is C13H15NOS. The molecule has 3 heteroatoms. The lowest BCUT2D eigenvalue weighted by Crippen LogP contribution is -1.96. The van der Waals surface area contributed by atoms with Crippen molar-refractivity contribution in [3.05, 3.63) is 34.3 Å². The van der Waals surface area contributed by atoms with Crippen molar-refractivity contribution in [2.75, 3.05) is 7.11 Å². The van der Waals surface area contributed by atoms with E-state index >= 15 is 0 Å². The number of hydrogen-bond donors (Lipinski definition) is 0. The quantitative estimate of drug-likeness (QED) is 0.788. The lowest BCUT2D eigenvalue weighted by atomic mass is 9.99. The van der Waals surface area contributed by atoms with Gasteiger partial charge in [0.25, 0.3) is 0 Å². The normalized spacial score (nSPS) is 10.5. The molecule has 0 N–H and O–H groups in total. The summed E-state index contributed by atoms with van der Waals surface area (Å²) in [5.74, 6) is 0.984. The van der Waals surface area contributed by atoms with Gasteiger partial charge in [-0.15, -0.1) is 11.3 Å². The van der Waals surface area contributed by atoms with E-state index in [-0.39, 0.29) is 0 Å². The number of rotatable bonds is 2. The van der Waals surface area contributed by atoms with Gasteiger partial charge in [0.05, 0.1) is 7.11 Å². The maximum absolute atomic E-state index is 5.41. The molecular weight excluding hydrogens is 218 g/mol. The van der Waals surface area contributed by atoms with Crippen LogP contribution in [0.1, 0.15) is 16.7 Å². The van der Waals surface area contributed by atoms with Gasteiger partial charge in [-0.05, 0) is 43.5 Å². The summed E-state index contributed by atoms with van der Waals surface area (Å²) in [6, 6.07) is 2.15. The number of aryl methyl sites for hydroxylation is 1. The highest BCUT2D eigenvalue weighted by Crippen LogP contribution is 2.34. The summed E-state index contributed by atoms with van der Waals surface area (Å²) in [5, 5.41) is 3.08. The van der Waals surface area contributed by atoms with Crippen LogP contribution in [-0.4, -0.2) is 12.1 Å². The zero-order valence-electron chi connectivity index (χ0n) is 10.00. The minimum atomic E-state index is 0.984. The van der Waals surface area contributed by atoms with Crippen molar-refractivity contribution in [2.24, 2.45) is 0 Å². The molecule has 2 aromatic rings. The van der Waals surface area contributed by atoms with E-state index in [0.29, 0.717) is 0 Å². The summed E-state index contributed by atoms with van der Waals surface area (Å²) in [4.78, 5) is 4.36. The molecule has 0 bridgehead atoms.